The Hall–Kier alpha value is -2.01. The summed E-state index contributed by atoms with van der Waals surface area (Å²) in [5.41, 5.74) is 0.894. The molecule has 0 saturated heterocycles. The van der Waals surface area contributed by atoms with Crippen molar-refractivity contribution in [3.05, 3.63) is 58.6 Å². The van der Waals surface area contributed by atoms with Crippen molar-refractivity contribution >= 4 is 21.9 Å². The predicted octanol–water partition coefficient (Wildman–Crippen LogP) is 3.97. The van der Waals surface area contributed by atoms with Gasteiger partial charge in [0.15, 0.2) is 6.10 Å². The molecule has 22 heavy (non-hydrogen) atoms. The van der Waals surface area contributed by atoms with Crippen LogP contribution in [0.5, 0.6) is 11.5 Å². The summed E-state index contributed by atoms with van der Waals surface area (Å²) >= 11 is 3.35. The summed E-state index contributed by atoms with van der Waals surface area (Å²) in [6.07, 6.45) is -0.667. The first-order chi connectivity index (χ1) is 10.6. The van der Waals surface area contributed by atoms with Gasteiger partial charge in [-0.2, -0.15) is 0 Å². The average Bonchev–Trinajstić information content (AvgIpc) is 2.55. The molecule has 1 unspecified atom stereocenters. The Labute approximate surface area is 138 Å². The van der Waals surface area contributed by atoms with Crippen LogP contribution in [0, 0.1) is 0 Å². The molecule has 0 fully saturated rings. The summed E-state index contributed by atoms with van der Waals surface area (Å²) in [6.45, 7) is 1.87. The highest BCUT2D eigenvalue weighted by molar-refractivity contribution is 9.10. The van der Waals surface area contributed by atoms with Crippen LogP contribution in [0.25, 0.3) is 0 Å². The second-order valence-electron chi connectivity index (χ2n) is 4.67. The molecule has 5 heteroatoms. The molecule has 1 atom stereocenters. The van der Waals surface area contributed by atoms with E-state index in [9.17, 15) is 4.79 Å². The van der Waals surface area contributed by atoms with E-state index in [1.54, 1.807) is 26.2 Å². The molecule has 2 rings (SSSR count). The second kappa shape index (κ2) is 7.84. The maximum absolute atomic E-state index is 11.9. The topological polar surface area (TPSA) is 44.8 Å². The minimum Gasteiger partial charge on any atom is -0.497 e. The molecule has 2 aromatic carbocycles. The van der Waals surface area contributed by atoms with E-state index in [2.05, 4.69) is 15.9 Å². The molecule has 0 N–H and O–H groups in total. The molecule has 0 saturated carbocycles. The van der Waals surface area contributed by atoms with E-state index in [0.717, 1.165) is 15.8 Å². The van der Waals surface area contributed by atoms with Crippen molar-refractivity contribution < 1.29 is 19.0 Å². The van der Waals surface area contributed by atoms with Gasteiger partial charge >= 0.3 is 5.97 Å². The Bertz CT molecular complexity index is 608. The molecule has 0 bridgehead atoms. The highest BCUT2D eigenvalue weighted by Crippen LogP contribution is 2.18. The molecule has 0 aliphatic heterocycles. The van der Waals surface area contributed by atoms with Gasteiger partial charge in [-0.3, -0.25) is 0 Å². The number of rotatable bonds is 6. The molecule has 2 aromatic rings. The zero-order chi connectivity index (χ0) is 15.9. The predicted molar refractivity (Wildman–Crippen MR) is 87.0 cm³/mol. The molecule has 0 spiro atoms. The lowest BCUT2D eigenvalue weighted by molar-refractivity contribution is -0.152. The molecule has 0 radical (unpaired) electrons. The van der Waals surface area contributed by atoms with Crippen LogP contribution in [0.3, 0.4) is 0 Å². The van der Waals surface area contributed by atoms with E-state index in [4.69, 9.17) is 14.2 Å². The summed E-state index contributed by atoms with van der Waals surface area (Å²) < 4.78 is 16.8. The van der Waals surface area contributed by atoms with Crippen molar-refractivity contribution in [3.63, 3.8) is 0 Å². The van der Waals surface area contributed by atoms with Crippen molar-refractivity contribution in [3.8, 4) is 11.5 Å². The van der Waals surface area contributed by atoms with Gasteiger partial charge in [0.2, 0.25) is 0 Å². The van der Waals surface area contributed by atoms with Gasteiger partial charge in [-0.25, -0.2) is 4.79 Å². The van der Waals surface area contributed by atoms with E-state index < -0.39 is 12.1 Å². The summed E-state index contributed by atoms with van der Waals surface area (Å²) in [4.78, 5) is 11.9. The minimum atomic E-state index is -0.667. The fourth-order valence-electron chi connectivity index (χ4n) is 1.76. The number of hydrogen-bond donors (Lipinski definition) is 0. The molecule has 0 aliphatic carbocycles. The van der Waals surface area contributed by atoms with E-state index in [1.165, 1.54) is 0 Å². The largest absolute Gasteiger partial charge is 0.497 e. The van der Waals surface area contributed by atoms with Crippen LogP contribution in [0.15, 0.2) is 53.0 Å². The van der Waals surface area contributed by atoms with Crippen LogP contribution >= 0.6 is 15.9 Å². The van der Waals surface area contributed by atoms with Gasteiger partial charge in [-0.1, -0.05) is 28.1 Å². The number of ether oxygens (including phenoxy) is 3. The summed E-state index contributed by atoms with van der Waals surface area (Å²) in [6, 6.07) is 14.6. The van der Waals surface area contributed by atoms with E-state index in [1.807, 2.05) is 36.4 Å². The zero-order valence-corrected chi connectivity index (χ0v) is 14.0. The molecule has 4 nitrogen and oxygen atoms in total. The number of esters is 1. The van der Waals surface area contributed by atoms with Crippen molar-refractivity contribution in [1.82, 2.24) is 0 Å². The van der Waals surface area contributed by atoms with Gasteiger partial charge in [0, 0.05) is 4.47 Å². The highest BCUT2D eigenvalue weighted by atomic mass is 79.9. The van der Waals surface area contributed by atoms with Crippen LogP contribution < -0.4 is 9.47 Å². The third-order valence-electron chi connectivity index (χ3n) is 3.00. The summed E-state index contributed by atoms with van der Waals surface area (Å²) in [5.74, 6) is 0.984. The molecule has 0 amide bonds. The van der Waals surface area contributed by atoms with Crippen molar-refractivity contribution in [2.24, 2.45) is 0 Å². The Balaban J connectivity index is 1.84. The standard InChI is InChI=1S/C17H17BrO4/c1-12(22-16-9-5-14(18)6-10-16)17(19)21-11-13-3-7-15(20-2)8-4-13/h3-10,12H,11H2,1-2H3. The van der Waals surface area contributed by atoms with Gasteiger partial charge < -0.3 is 14.2 Å². The highest BCUT2D eigenvalue weighted by Gasteiger charge is 2.16. The van der Waals surface area contributed by atoms with E-state index in [-0.39, 0.29) is 6.61 Å². The second-order valence-corrected chi connectivity index (χ2v) is 5.59. The number of hydrogen-bond acceptors (Lipinski definition) is 4. The van der Waals surface area contributed by atoms with Crippen molar-refractivity contribution in [1.29, 1.82) is 0 Å². The monoisotopic (exact) mass is 364 g/mol. The molecule has 0 aliphatic rings. The Kier molecular flexibility index (Phi) is 5.83. The Morgan fingerprint density at radius 2 is 1.64 bits per heavy atom. The third kappa shape index (κ3) is 4.77. The van der Waals surface area contributed by atoms with Gasteiger partial charge in [0.1, 0.15) is 18.1 Å². The van der Waals surface area contributed by atoms with Crippen LogP contribution in [0.4, 0.5) is 0 Å². The molecule has 0 heterocycles. The summed E-state index contributed by atoms with van der Waals surface area (Å²) in [7, 11) is 1.61. The number of carbonyl (C=O) groups is 1. The molecule has 0 aromatic heterocycles. The fourth-order valence-corrected chi connectivity index (χ4v) is 2.02. The number of benzene rings is 2. The number of carbonyl (C=O) groups excluding carboxylic acids is 1. The lowest BCUT2D eigenvalue weighted by Crippen LogP contribution is -2.26. The van der Waals surface area contributed by atoms with Gasteiger partial charge in [0.05, 0.1) is 7.11 Å². The lowest BCUT2D eigenvalue weighted by atomic mass is 10.2. The zero-order valence-electron chi connectivity index (χ0n) is 12.4. The van der Waals surface area contributed by atoms with Gasteiger partial charge in [-0.05, 0) is 48.9 Å². The van der Waals surface area contributed by atoms with Crippen LogP contribution in [-0.2, 0) is 16.1 Å². The minimum absolute atomic E-state index is 0.205. The van der Waals surface area contributed by atoms with Crippen LogP contribution in [0.1, 0.15) is 12.5 Å². The Morgan fingerprint density at radius 1 is 1.05 bits per heavy atom. The first-order valence-corrected chi connectivity index (χ1v) is 7.59. The smallest absolute Gasteiger partial charge is 0.347 e. The summed E-state index contributed by atoms with van der Waals surface area (Å²) in [5, 5.41) is 0. The molecule has 116 valence electrons. The first-order valence-electron chi connectivity index (χ1n) is 6.80. The maximum Gasteiger partial charge on any atom is 0.347 e. The van der Waals surface area contributed by atoms with E-state index in [0.29, 0.717) is 5.75 Å². The molecular formula is C17H17BrO4. The average molecular weight is 365 g/mol. The maximum atomic E-state index is 11.9. The number of halogens is 1. The van der Waals surface area contributed by atoms with Crippen LogP contribution in [0.2, 0.25) is 0 Å². The third-order valence-corrected chi connectivity index (χ3v) is 3.53. The van der Waals surface area contributed by atoms with Gasteiger partial charge in [-0.15, -0.1) is 0 Å². The molecular weight excluding hydrogens is 348 g/mol. The SMILES string of the molecule is COc1ccc(COC(=O)C(C)Oc2ccc(Br)cc2)cc1. The van der Waals surface area contributed by atoms with Crippen LogP contribution in [-0.4, -0.2) is 19.2 Å². The quantitative estimate of drug-likeness (QED) is 0.727. The number of methoxy groups -OCH3 is 1. The Morgan fingerprint density at radius 3 is 2.23 bits per heavy atom. The van der Waals surface area contributed by atoms with Crippen molar-refractivity contribution in [2.45, 2.75) is 19.6 Å². The van der Waals surface area contributed by atoms with Gasteiger partial charge in [0.25, 0.3) is 0 Å². The normalized spacial score (nSPS) is 11.6. The lowest BCUT2D eigenvalue weighted by Gasteiger charge is -2.14. The fraction of sp³-hybridized carbons (Fsp3) is 0.235. The van der Waals surface area contributed by atoms with E-state index >= 15 is 0 Å². The van der Waals surface area contributed by atoms with Crippen molar-refractivity contribution in [2.75, 3.05) is 7.11 Å². The first kappa shape index (κ1) is 16.4.